The summed E-state index contributed by atoms with van der Waals surface area (Å²) in [6.45, 7) is 12.2. The van der Waals surface area contributed by atoms with Crippen molar-refractivity contribution in [3.05, 3.63) is 65.6 Å². The highest BCUT2D eigenvalue weighted by Gasteiger charge is 2.30. The summed E-state index contributed by atoms with van der Waals surface area (Å²) < 4.78 is 0. The van der Waals surface area contributed by atoms with Crippen LogP contribution in [0.3, 0.4) is 0 Å². The van der Waals surface area contributed by atoms with Gasteiger partial charge in [0.15, 0.2) is 0 Å². The number of rotatable bonds is 4. The van der Waals surface area contributed by atoms with Gasteiger partial charge in [0.25, 0.3) is 0 Å². The van der Waals surface area contributed by atoms with Gasteiger partial charge in [-0.25, -0.2) is 4.98 Å². The van der Waals surface area contributed by atoms with Crippen molar-refractivity contribution >= 4 is 16.7 Å². The zero-order valence-corrected chi connectivity index (χ0v) is 20.8. The zero-order valence-electron chi connectivity index (χ0n) is 20.8. The van der Waals surface area contributed by atoms with Crippen LogP contribution in [0, 0.1) is 13.8 Å². The van der Waals surface area contributed by atoms with Gasteiger partial charge < -0.3 is 15.2 Å². The maximum atomic E-state index is 4.77. The highest BCUT2D eigenvalue weighted by molar-refractivity contribution is 5.94. The Kier molecular flexibility index (Phi) is 6.38. The molecule has 0 bridgehead atoms. The number of fused-ring (bicyclic) bond motifs is 1. The standard InChI is InChI=1S/C27H29N5.C2H6/c1-17-13-22(14-18(2)30-17)27-26(19-3-4-19)23-7-5-20(15-24(23)31-27)21-6-8-25(29-16-21)32-11-9-28-10-12-32;1-2/h5-8,13-16,19,28,31H,3-4,9-12H2,1-2H3;1-2H3. The monoisotopic (exact) mass is 453 g/mol. The third-order valence-corrected chi connectivity index (χ3v) is 6.72. The zero-order chi connectivity index (χ0) is 23.7. The van der Waals surface area contributed by atoms with E-state index >= 15 is 0 Å². The van der Waals surface area contributed by atoms with Gasteiger partial charge >= 0.3 is 0 Å². The Labute approximate surface area is 202 Å². The first-order valence-electron chi connectivity index (χ1n) is 12.7. The first-order valence-corrected chi connectivity index (χ1v) is 12.7. The molecule has 1 saturated heterocycles. The normalized spacial score (nSPS) is 15.8. The number of benzene rings is 1. The number of aryl methyl sites for hydroxylation is 2. The van der Waals surface area contributed by atoms with E-state index in [4.69, 9.17) is 4.98 Å². The Balaban J connectivity index is 0.00000117. The summed E-state index contributed by atoms with van der Waals surface area (Å²) in [5.74, 6) is 1.73. The molecule has 3 aromatic heterocycles. The number of hydrogen-bond acceptors (Lipinski definition) is 4. The number of pyridine rings is 2. The number of H-pyrrole nitrogens is 1. The fourth-order valence-corrected chi connectivity index (χ4v) is 5.04. The van der Waals surface area contributed by atoms with Crippen LogP contribution in [-0.4, -0.2) is 41.1 Å². The van der Waals surface area contributed by atoms with E-state index < -0.39 is 0 Å². The fourth-order valence-electron chi connectivity index (χ4n) is 5.04. The molecule has 5 heteroatoms. The van der Waals surface area contributed by atoms with E-state index in [1.807, 2.05) is 20.0 Å². The van der Waals surface area contributed by atoms with Crippen LogP contribution in [0.25, 0.3) is 33.3 Å². The van der Waals surface area contributed by atoms with Gasteiger partial charge in [0, 0.05) is 65.8 Å². The molecular formula is C29H35N5. The van der Waals surface area contributed by atoms with E-state index in [2.05, 4.69) is 76.5 Å². The molecule has 4 aromatic rings. The predicted molar refractivity (Wildman–Crippen MR) is 143 cm³/mol. The molecule has 4 heterocycles. The molecule has 6 rings (SSSR count). The summed E-state index contributed by atoms with van der Waals surface area (Å²) in [6, 6.07) is 15.6. The van der Waals surface area contributed by atoms with Crippen molar-refractivity contribution in [1.82, 2.24) is 20.3 Å². The van der Waals surface area contributed by atoms with Crippen molar-refractivity contribution in [1.29, 1.82) is 0 Å². The summed E-state index contributed by atoms with van der Waals surface area (Å²) in [4.78, 5) is 15.5. The smallest absolute Gasteiger partial charge is 0.128 e. The minimum Gasteiger partial charge on any atom is -0.354 e. The second kappa shape index (κ2) is 9.59. The van der Waals surface area contributed by atoms with Gasteiger partial charge in [-0.1, -0.05) is 26.0 Å². The molecule has 2 fully saturated rings. The molecule has 1 aromatic carbocycles. The van der Waals surface area contributed by atoms with Gasteiger partial charge in [-0.15, -0.1) is 0 Å². The van der Waals surface area contributed by atoms with Gasteiger partial charge in [0.1, 0.15) is 5.82 Å². The van der Waals surface area contributed by atoms with Gasteiger partial charge in [-0.2, -0.15) is 0 Å². The summed E-state index contributed by atoms with van der Waals surface area (Å²) in [6.07, 6.45) is 4.57. The van der Waals surface area contributed by atoms with Crippen molar-refractivity contribution in [3.8, 4) is 22.4 Å². The molecule has 1 saturated carbocycles. The van der Waals surface area contributed by atoms with Crippen LogP contribution in [-0.2, 0) is 0 Å². The minimum atomic E-state index is 0.665. The van der Waals surface area contributed by atoms with Gasteiger partial charge in [0.05, 0.1) is 5.69 Å². The second-order valence-corrected chi connectivity index (χ2v) is 9.23. The fraction of sp³-hybridized carbons (Fsp3) is 0.379. The van der Waals surface area contributed by atoms with Crippen molar-refractivity contribution in [2.75, 3.05) is 31.1 Å². The highest BCUT2D eigenvalue weighted by atomic mass is 15.2. The van der Waals surface area contributed by atoms with E-state index in [0.29, 0.717) is 5.92 Å². The average molecular weight is 454 g/mol. The minimum absolute atomic E-state index is 0.665. The molecule has 2 N–H and O–H groups in total. The summed E-state index contributed by atoms with van der Waals surface area (Å²) in [5.41, 5.74) is 9.69. The van der Waals surface area contributed by atoms with Crippen LogP contribution in [0.1, 0.15) is 49.6 Å². The van der Waals surface area contributed by atoms with Crippen molar-refractivity contribution in [3.63, 3.8) is 0 Å². The van der Waals surface area contributed by atoms with E-state index in [0.717, 1.165) is 48.9 Å². The van der Waals surface area contributed by atoms with Crippen LogP contribution in [0.15, 0.2) is 48.7 Å². The molecule has 2 aliphatic rings. The van der Waals surface area contributed by atoms with Gasteiger partial charge in [-0.3, -0.25) is 4.98 Å². The summed E-state index contributed by atoms with van der Waals surface area (Å²) in [7, 11) is 0. The number of anilines is 1. The Morgan fingerprint density at radius 1 is 0.853 bits per heavy atom. The van der Waals surface area contributed by atoms with Crippen LogP contribution in [0.4, 0.5) is 5.82 Å². The lowest BCUT2D eigenvalue weighted by molar-refractivity contribution is 0.585. The number of aromatic amines is 1. The number of nitrogens with one attached hydrogen (secondary N) is 2. The van der Waals surface area contributed by atoms with Crippen LogP contribution in [0.5, 0.6) is 0 Å². The molecule has 176 valence electrons. The Morgan fingerprint density at radius 2 is 1.56 bits per heavy atom. The quantitative estimate of drug-likeness (QED) is 0.385. The molecule has 34 heavy (non-hydrogen) atoms. The molecule has 0 radical (unpaired) electrons. The molecule has 1 aliphatic heterocycles. The van der Waals surface area contributed by atoms with E-state index in [1.165, 1.54) is 46.1 Å². The number of hydrogen-bond donors (Lipinski definition) is 2. The molecule has 1 aliphatic carbocycles. The Bertz CT molecular complexity index is 1260. The van der Waals surface area contributed by atoms with Crippen molar-refractivity contribution in [2.24, 2.45) is 0 Å². The Morgan fingerprint density at radius 3 is 2.21 bits per heavy atom. The lowest BCUT2D eigenvalue weighted by Crippen LogP contribution is -2.43. The lowest BCUT2D eigenvalue weighted by Gasteiger charge is -2.28. The second-order valence-electron chi connectivity index (χ2n) is 9.23. The van der Waals surface area contributed by atoms with Crippen LogP contribution in [0.2, 0.25) is 0 Å². The summed E-state index contributed by atoms with van der Waals surface area (Å²) in [5, 5.41) is 4.75. The lowest BCUT2D eigenvalue weighted by atomic mass is 9.99. The maximum absolute atomic E-state index is 4.77. The average Bonchev–Trinajstić information content (AvgIpc) is 3.64. The topological polar surface area (TPSA) is 56.8 Å². The molecule has 0 spiro atoms. The number of nitrogens with zero attached hydrogens (tertiary/aromatic N) is 3. The van der Waals surface area contributed by atoms with E-state index in [-0.39, 0.29) is 0 Å². The summed E-state index contributed by atoms with van der Waals surface area (Å²) >= 11 is 0. The third-order valence-electron chi connectivity index (χ3n) is 6.72. The molecular weight excluding hydrogens is 418 g/mol. The first-order chi connectivity index (χ1) is 16.7. The van der Waals surface area contributed by atoms with E-state index in [1.54, 1.807) is 0 Å². The molecule has 5 nitrogen and oxygen atoms in total. The first kappa shape index (κ1) is 22.6. The van der Waals surface area contributed by atoms with Crippen molar-refractivity contribution in [2.45, 2.75) is 46.5 Å². The molecule has 0 atom stereocenters. The largest absolute Gasteiger partial charge is 0.354 e. The van der Waals surface area contributed by atoms with Crippen LogP contribution >= 0.6 is 0 Å². The van der Waals surface area contributed by atoms with E-state index in [9.17, 15) is 0 Å². The highest BCUT2D eigenvalue weighted by Crippen LogP contribution is 2.48. The Hall–Kier alpha value is -3.18. The molecule has 0 unspecified atom stereocenters. The maximum Gasteiger partial charge on any atom is 0.128 e. The number of piperazine rings is 1. The van der Waals surface area contributed by atoms with Crippen LogP contribution < -0.4 is 10.2 Å². The SMILES string of the molecule is CC.Cc1cc(-c2[nH]c3cc(-c4ccc(N5CCNCC5)nc4)ccc3c2C2CC2)cc(C)n1. The van der Waals surface area contributed by atoms with Crippen molar-refractivity contribution < 1.29 is 0 Å². The van der Waals surface area contributed by atoms with Gasteiger partial charge in [0.2, 0.25) is 0 Å². The third kappa shape index (κ3) is 4.45. The van der Waals surface area contributed by atoms with Gasteiger partial charge in [-0.05, 0) is 74.1 Å². The predicted octanol–water partition coefficient (Wildman–Crippen LogP) is 6.22. The molecule has 0 amide bonds. The number of aromatic nitrogens is 3.